The highest BCUT2D eigenvalue weighted by atomic mass is 32.1. The lowest BCUT2D eigenvalue weighted by Gasteiger charge is -2.06. The molecule has 0 unspecified atom stereocenters. The molecule has 2 N–H and O–H groups in total. The molecule has 0 aliphatic rings. The first-order valence-electron chi connectivity index (χ1n) is 8.34. The summed E-state index contributed by atoms with van der Waals surface area (Å²) in [7, 11) is 1.61. The molecule has 3 aromatic rings. The van der Waals surface area contributed by atoms with Gasteiger partial charge in [-0.1, -0.05) is 30.3 Å². The number of carbonyl (C=O) groups excluding carboxylic acids is 2. The van der Waals surface area contributed by atoms with Crippen molar-refractivity contribution in [2.75, 3.05) is 12.4 Å². The molecule has 27 heavy (non-hydrogen) atoms. The molecule has 3 rings (SSSR count). The Hall–Kier alpha value is -3.19. The summed E-state index contributed by atoms with van der Waals surface area (Å²) in [6.45, 7) is 0.414. The van der Waals surface area contributed by atoms with Gasteiger partial charge in [0, 0.05) is 17.5 Å². The van der Waals surface area contributed by atoms with Gasteiger partial charge < -0.3 is 10.1 Å². The van der Waals surface area contributed by atoms with Crippen molar-refractivity contribution >= 4 is 28.3 Å². The maximum atomic E-state index is 12.1. The van der Waals surface area contributed by atoms with Crippen molar-refractivity contribution < 1.29 is 14.3 Å². The van der Waals surface area contributed by atoms with Crippen molar-refractivity contribution in [3.05, 3.63) is 76.8 Å². The predicted octanol–water partition coefficient (Wildman–Crippen LogP) is 3.26. The fourth-order valence-corrected chi connectivity index (χ4v) is 3.12. The molecule has 0 bridgehead atoms. The van der Waals surface area contributed by atoms with Gasteiger partial charge in [0.05, 0.1) is 19.2 Å². The third-order valence-corrected chi connectivity index (χ3v) is 4.58. The van der Waals surface area contributed by atoms with Crippen LogP contribution in [0.5, 0.6) is 5.75 Å². The van der Waals surface area contributed by atoms with Crippen LogP contribution in [0.2, 0.25) is 0 Å². The molecule has 0 saturated heterocycles. The molecule has 1 aromatic heterocycles. The molecule has 2 amide bonds. The highest BCUT2D eigenvalue weighted by Gasteiger charge is 2.11. The highest BCUT2D eigenvalue weighted by molar-refractivity contribution is 7.14. The zero-order chi connectivity index (χ0) is 19.1. The van der Waals surface area contributed by atoms with Crippen molar-refractivity contribution in [1.82, 2.24) is 10.3 Å². The van der Waals surface area contributed by atoms with Crippen molar-refractivity contribution in [2.24, 2.45) is 0 Å². The zero-order valence-corrected chi connectivity index (χ0v) is 15.6. The number of methoxy groups -OCH3 is 1. The van der Waals surface area contributed by atoms with Gasteiger partial charge in [0.15, 0.2) is 5.13 Å². The quantitative estimate of drug-likeness (QED) is 0.658. The molecule has 0 spiro atoms. The molecule has 0 fully saturated rings. The van der Waals surface area contributed by atoms with Crippen molar-refractivity contribution in [3.63, 3.8) is 0 Å². The Balaban J connectivity index is 1.51. The molecule has 0 aliphatic carbocycles. The van der Waals surface area contributed by atoms with Crippen LogP contribution >= 0.6 is 11.3 Å². The number of nitrogens with one attached hydrogen (secondary N) is 2. The maximum absolute atomic E-state index is 12.1. The molecule has 138 valence electrons. The summed E-state index contributed by atoms with van der Waals surface area (Å²) in [6.07, 6.45) is 0.154. The number of anilines is 1. The van der Waals surface area contributed by atoms with Gasteiger partial charge in [0.2, 0.25) is 5.91 Å². The number of aromatic nitrogens is 1. The van der Waals surface area contributed by atoms with E-state index in [0.717, 1.165) is 11.3 Å². The van der Waals surface area contributed by atoms with Crippen LogP contribution < -0.4 is 15.4 Å². The number of thiazole rings is 1. The molecular formula is C20H19N3O3S. The Morgan fingerprint density at radius 3 is 2.70 bits per heavy atom. The second-order valence-corrected chi connectivity index (χ2v) is 6.63. The second kappa shape index (κ2) is 8.95. The SMILES string of the molecule is COc1cccc(CNC(=O)Cc2csc(NC(=O)c3ccccc3)n2)c1. The Labute approximate surface area is 161 Å². The highest BCUT2D eigenvalue weighted by Crippen LogP contribution is 2.17. The normalized spacial score (nSPS) is 10.3. The summed E-state index contributed by atoms with van der Waals surface area (Å²) in [5.41, 5.74) is 2.13. The zero-order valence-electron chi connectivity index (χ0n) is 14.8. The number of rotatable bonds is 7. The van der Waals surface area contributed by atoms with E-state index in [1.807, 2.05) is 30.3 Å². The minimum Gasteiger partial charge on any atom is -0.497 e. The lowest BCUT2D eigenvalue weighted by molar-refractivity contribution is -0.120. The molecular weight excluding hydrogens is 362 g/mol. The Bertz CT molecular complexity index is 925. The van der Waals surface area contributed by atoms with E-state index in [4.69, 9.17) is 4.74 Å². The van der Waals surface area contributed by atoms with Crippen LogP contribution in [0.1, 0.15) is 21.6 Å². The number of ether oxygens (including phenoxy) is 1. The topological polar surface area (TPSA) is 80.3 Å². The second-order valence-electron chi connectivity index (χ2n) is 5.77. The average molecular weight is 381 g/mol. The lowest BCUT2D eigenvalue weighted by atomic mass is 10.2. The number of hydrogen-bond donors (Lipinski definition) is 2. The van der Waals surface area contributed by atoms with Crippen LogP contribution in [0.3, 0.4) is 0 Å². The van der Waals surface area contributed by atoms with E-state index >= 15 is 0 Å². The van der Waals surface area contributed by atoms with E-state index in [-0.39, 0.29) is 18.2 Å². The number of nitrogens with zero attached hydrogens (tertiary/aromatic N) is 1. The van der Waals surface area contributed by atoms with E-state index in [0.29, 0.717) is 22.9 Å². The monoisotopic (exact) mass is 381 g/mol. The molecule has 0 atom stereocenters. The molecule has 2 aromatic carbocycles. The fourth-order valence-electron chi connectivity index (χ4n) is 2.41. The summed E-state index contributed by atoms with van der Waals surface area (Å²) >= 11 is 1.29. The average Bonchev–Trinajstić information content (AvgIpc) is 3.13. The fraction of sp³-hybridized carbons (Fsp3) is 0.150. The Kier molecular flexibility index (Phi) is 6.17. The van der Waals surface area contributed by atoms with Gasteiger partial charge in [-0.3, -0.25) is 14.9 Å². The van der Waals surface area contributed by atoms with Gasteiger partial charge in [-0.2, -0.15) is 0 Å². The van der Waals surface area contributed by atoms with Crippen molar-refractivity contribution in [3.8, 4) is 5.75 Å². The number of hydrogen-bond acceptors (Lipinski definition) is 5. The first kappa shape index (κ1) is 18.6. The summed E-state index contributed by atoms with van der Waals surface area (Å²) in [5.74, 6) is 0.392. The smallest absolute Gasteiger partial charge is 0.257 e. The van der Waals surface area contributed by atoms with E-state index in [9.17, 15) is 9.59 Å². The third kappa shape index (κ3) is 5.39. The van der Waals surface area contributed by atoms with E-state index in [1.54, 1.807) is 36.8 Å². The first-order chi connectivity index (χ1) is 13.1. The standard InChI is InChI=1S/C20H19N3O3S/c1-26-17-9-5-6-14(10-17)12-21-18(24)11-16-13-27-20(22-16)23-19(25)15-7-3-2-4-8-15/h2-10,13H,11-12H2,1H3,(H,21,24)(H,22,23,25). The Morgan fingerprint density at radius 1 is 1.11 bits per heavy atom. The Morgan fingerprint density at radius 2 is 1.93 bits per heavy atom. The van der Waals surface area contributed by atoms with Crippen LogP contribution in [0.4, 0.5) is 5.13 Å². The summed E-state index contributed by atoms with van der Waals surface area (Å²) in [6, 6.07) is 16.4. The predicted molar refractivity (Wildman–Crippen MR) is 105 cm³/mol. The third-order valence-electron chi connectivity index (χ3n) is 3.77. The van der Waals surface area contributed by atoms with E-state index in [2.05, 4.69) is 15.6 Å². The van der Waals surface area contributed by atoms with Crippen LogP contribution in [0.15, 0.2) is 60.0 Å². The van der Waals surface area contributed by atoms with Crippen LogP contribution in [0, 0.1) is 0 Å². The first-order valence-corrected chi connectivity index (χ1v) is 9.22. The lowest BCUT2D eigenvalue weighted by Crippen LogP contribution is -2.24. The molecule has 0 saturated carbocycles. The van der Waals surface area contributed by atoms with Crippen LogP contribution in [-0.4, -0.2) is 23.9 Å². The van der Waals surface area contributed by atoms with Gasteiger partial charge in [-0.05, 0) is 29.8 Å². The molecule has 0 radical (unpaired) electrons. The maximum Gasteiger partial charge on any atom is 0.257 e. The summed E-state index contributed by atoms with van der Waals surface area (Å²) < 4.78 is 5.17. The van der Waals surface area contributed by atoms with Crippen molar-refractivity contribution in [1.29, 1.82) is 0 Å². The van der Waals surface area contributed by atoms with E-state index < -0.39 is 0 Å². The van der Waals surface area contributed by atoms with Crippen LogP contribution in [0.25, 0.3) is 0 Å². The van der Waals surface area contributed by atoms with E-state index in [1.165, 1.54) is 11.3 Å². The van der Waals surface area contributed by atoms with Crippen molar-refractivity contribution in [2.45, 2.75) is 13.0 Å². The van der Waals surface area contributed by atoms with Gasteiger partial charge in [0.25, 0.3) is 5.91 Å². The minimum absolute atomic E-state index is 0.135. The summed E-state index contributed by atoms with van der Waals surface area (Å²) in [4.78, 5) is 28.6. The molecule has 0 aliphatic heterocycles. The van der Waals surface area contributed by atoms with Gasteiger partial charge in [-0.25, -0.2) is 4.98 Å². The molecule has 6 nitrogen and oxygen atoms in total. The number of carbonyl (C=O) groups is 2. The van der Waals surface area contributed by atoms with Gasteiger partial charge >= 0.3 is 0 Å². The van der Waals surface area contributed by atoms with Gasteiger partial charge in [0.1, 0.15) is 5.75 Å². The largest absolute Gasteiger partial charge is 0.497 e. The van der Waals surface area contributed by atoms with Gasteiger partial charge in [-0.15, -0.1) is 11.3 Å². The molecule has 7 heteroatoms. The van der Waals surface area contributed by atoms with Crippen LogP contribution in [-0.2, 0) is 17.8 Å². The number of benzene rings is 2. The number of amides is 2. The molecule has 1 heterocycles. The summed E-state index contributed by atoms with van der Waals surface area (Å²) in [5, 5.41) is 7.84. The minimum atomic E-state index is -0.223.